The maximum Gasteiger partial charge on any atom is 0.0892 e. The predicted molar refractivity (Wildman–Crippen MR) is 90.2 cm³/mol. The van der Waals surface area contributed by atoms with E-state index in [4.69, 9.17) is 9.47 Å². The van der Waals surface area contributed by atoms with Crippen LogP contribution in [0.4, 0.5) is 0 Å². The number of likely N-dealkylation sites (tertiary alicyclic amines) is 1. The third-order valence-corrected chi connectivity index (χ3v) is 4.88. The number of pyridine rings is 2. The summed E-state index contributed by atoms with van der Waals surface area (Å²) in [6.45, 7) is 4.16. The molecule has 2 atom stereocenters. The molecule has 0 saturated carbocycles. The molecule has 5 nitrogen and oxygen atoms in total. The third kappa shape index (κ3) is 3.64. The van der Waals surface area contributed by atoms with E-state index < -0.39 is 0 Å². The largest absolute Gasteiger partial charge is 0.371 e. The molecule has 24 heavy (non-hydrogen) atoms. The van der Waals surface area contributed by atoms with E-state index >= 15 is 0 Å². The van der Waals surface area contributed by atoms with E-state index in [0.29, 0.717) is 13.2 Å². The van der Waals surface area contributed by atoms with E-state index in [1.807, 2.05) is 36.5 Å². The average Bonchev–Trinajstić information content (AvgIpc) is 3.21. The van der Waals surface area contributed by atoms with Gasteiger partial charge in [-0.2, -0.15) is 0 Å². The summed E-state index contributed by atoms with van der Waals surface area (Å²) in [7, 11) is 0. The summed E-state index contributed by atoms with van der Waals surface area (Å²) >= 11 is 0. The first-order valence-electron chi connectivity index (χ1n) is 8.59. The van der Waals surface area contributed by atoms with Gasteiger partial charge in [-0.25, -0.2) is 0 Å². The Hall–Kier alpha value is -1.82. The molecule has 0 unspecified atom stereocenters. The van der Waals surface area contributed by atoms with Crippen molar-refractivity contribution in [2.75, 3.05) is 19.7 Å². The second-order valence-electron chi connectivity index (χ2n) is 6.73. The van der Waals surface area contributed by atoms with Crippen LogP contribution < -0.4 is 0 Å². The molecule has 0 N–H and O–H groups in total. The lowest BCUT2D eigenvalue weighted by molar-refractivity contribution is -0.000843. The summed E-state index contributed by atoms with van der Waals surface area (Å²) in [5, 5.41) is 0. The summed E-state index contributed by atoms with van der Waals surface area (Å²) in [5.74, 6) is 0. The lowest BCUT2D eigenvalue weighted by Gasteiger charge is -2.23. The smallest absolute Gasteiger partial charge is 0.0892 e. The second kappa shape index (κ2) is 6.97. The van der Waals surface area contributed by atoms with Crippen molar-refractivity contribution < 1.29 is 9.47 Å². The van der Waals surface area contributed by atoms with Gasteiger partial charge in [0.1, 0.15) is 0 Å². The van der Waals surface area contributed by atoms with Gasteiger partial charge in [0.2, 0.25) is 0 Å². The molecule has 4 heterocycles. The van der Waals surface area contributed by atoms with Gasteiger partial charge >= 0.3 is 0 Å². The molecule has 2 fully saturated rings. The molecule has 0 bridgehead atoms. The van der Waals surface area contributed by atoms with Gasteiger partial charge in [-0.15, -0.1) is 0 Å². The van der Waals surface area contributed by atoms with Gasteiger partial charge in [-0.05, 0) is 30.7 Å². The molecule has 0 amide bonds. The Bertz CT molecular complexity index is 652. The van der Waals surface area contributed by atoms with Crippen LogP contribution in [-0.4, -0.2) is 46.3 Å². The Labute approximate surface area is 142 Å². The highest BCUT2D eigenvalue weighted by Gasteiger charge is 2.45. The normalized spacial score (nSPS) is 27.1. The average molecular weight is 325 g/mol. The van der Waals surface area contributed by atoms with Crippen molar-refractivity contribution in [3.8, 4) is 0 Å². The van der Waals surface area contributed by atoms with Crippen molar-refractivity contribution in [3.63, 3.8) is 0 Å². The molecule has 0 aliphatic carbocycles. The first-order valence-corrected chi connectivity index (χ1v) is 8.59. The minimum Gasteiger partial charge on any atom is -0.371 e. The fraction of sp³-hybridized carbons (Fsp3) is 0.474. The number of ether oxygens (including phenoxy) is 2. The molecule has 5 heteroatoms. The van der Waals surface area contributed by atoms with E-state index in [-0.39, 0.29) is 11.7 Å². The van der Waals surface area contributed by atoms with Crippen molar-refractivity contribution in [1.82, 2.24) is 14.9 Å². The first-order chi connectivity index (χ1) is 11.8. The van der Waals surface area contributed by atoms with Gasteiger partial charge in [-0.3, -0.25) is 14.9 Å². The number of nitrogens with zero attached hydrogens (tertiary/aromatic N) is 3. The molecule has 2 aliphatic heterocycles. The fourth-order valence-corrected chi connectivity index (χ4v) is 3.66. The maximum absolute atomic E-state index is 6.16. The quantitative estimate of drug-likeness (QED) is 0.845. The van der Waals surface area contributed by atoms with E-state index in [1.165, 1.54) is 0 Å². The third-order valence-electron chi connectivity index (χ3n) is 4.88. The fourth-order valence-electron chi connectivity index (χ4n) is 3.66. The van der Waals surface area contributed by atoms with Crippen LogP contribution in [-0.2, 0) is 22.6 Å². The molecule has 2 aromatic rings. The van der Waals surface area contributed by atoms with Crippen LogP contribution in [0.2, 0.25) is 0 Å². The Kier molecular flexibility index (Phi) is 4.56. The molecule has 2 aromatic heterocycles. The summed E-state index contributed by atoms with van der Waals surface area (Å²) in [6, 6.07) is 12.0. The first kappa shape index (κ1) is 15.7. The topological polar surface area (TPSA) is 47.5 Å². The lowest BCUT2D eigenvalue weighted by Crippen LogP contribution is -2.33. The van der Waals surface area contributed by atoms with Crippen molar-refractivity contribution in [2.45, 2.75) is 37.7 Å². The van der Waals surface area contributed by atoms with Crippen LogP contribution >= 0.6 is 0 Å². The zero-order valence-electron chi connectivity index (χ0n) is 13.8. The number of aromatic nitrogens is 2. The van der Waals surface area contributed by atoms with E-state index in [0.717, 1.165) is 43.9 Å². The Balaban J connectivity index is 1.28. The van der Waals surface area contributed by atoms with E-state index in [1.54, 1.807) is 6.20 Å². The zero-order valence-corrected chi connectivity index (χ0v) is 13.8. The minimum absolute atomic E-state index is 0.0381. The van der Waals surface area contributed by atoms with Gasteiger partial charge in [0, 0.05) is 38.4 Å². The molecule has 1 spiro atoms. The Morgan fingerprint density at radius 1 is 1.12 bits per heavy atom. The number of hydrogen-bond donors (Lipinski definition) is 0. The molecule has 2 saturated heterocycles. The standard InChI is InChI=1S/C19H23N3O2/c1-3-8-20-16(5-1)12-22-10-7-19(15-22)11-18(14-24-19)23-13-17-6-2-4-9-21-17/h1-6,8-9,18H,7,10-15H2/t18-,19+/m1/s1. The van der Waals surface area contributed by atoms with Crippen molar-refractivity contribution in [1.29, 1.82) is 0 Å². The lowest BCUT2D eigenvalue weighted by atomic mass is 9.98. The highest BCUT2D eigenvalue weighted by molar-refractivity contribution is 5.06. The summed E-state index contributed by atoms with van der Waals surface area (Å²) in [4.78, 5) is 11.2. The maximum atomic E-state index is 6.16. The van der Waals surface area contributed by atoms with E-state index in [9.17, 15) is 0 Å². The monoisotopic (exact) mass is 325 g/mol. The van der Waals surface area contributed by atoms with Gasteiger partial charge in [0.05, 0.1) is 36.3 Å². The Morgan fingerprint density at radius 2 is 1.92 bits per heavy atom. The molecular formula is C19H23N3O2. The van der Waals surface area contributed by atoms with Crippen LogP contribution in [0, 0.1) is 0 Å². The summed E-state index contributed by atoms with van der Waals surface area (Å²) in [6.07, 6.45) is 5.87. The number of hydrogen-bond acceptors (Lipinski definition) is 5. The van der Waals surface area contributed by atoms with Gasteiger partial charge in [-0.1, -0.05) is 12.1 Å². The zero-order chi connectivity index (χ0) is 16.2. The molecular weight excluding hydrogens is 302 g/mol. The van der Waals surface area contributed by atoms with Crippen molar-refractivity contribution in [2.24, 2.45) is 0 Å². The molecule has 4 rings (SSSR count). The highest BCUT2D eigenvalue weighted by Crippen LogP contribution is 2.36. The van der Waals surface area contributed by atoms with Crippen molar-refractivity contribution in [3.05, 3.63) is 60.2 Å². The van der Waals surface area contributed by atoms with Gasteiger partial charge in [0.15, 0.2) is 0 Å². The summed E-state index contributed by atoms with van der Waals surface area (Å²) < 4.78 is 12.2. The summed E-state index contributed by atoms with van der Waals surface area (Å²) in [5.41, 5.74) is 2.06. The highest BCUT2D eigenvalue weighted by atomic mass is 16.6. The van der Waals surface area contributed by atoms with E-state index in [2.05, 4.69) is 20.9 Å². The Morgan fingerprint density at radius 3 is 2.67 bits per heavy atom. The SMILES string of the molecule is c1ccc(CO[C@H]2CO[C@@]3(CCN(Cc4ccccn4)C3)C2)nc1. The van der Waals surface area contributed by atoms with Crippen LogP contribution in [0.15, 0.2) is 48.8 Å². The molecule has 0 aromatic carbocycles. The molecule has 0 radical (unpaired) electrons. The van der Waals surface area contributed by atoms with Crippen LogP contribution in [0.1, 0.15) is 24.2 Å². The van der Waals surface area contributed by atoms with Gasteiger partial charge in [0.25, 0.3) is 0 Å². The van der Waals surface area contributed by atoms with Crippen LogP contribution in [0.5, 0.6) is 0 Å². The minimum atomic E-state index is -0.0381. The van der Waals surface area contributed by atoms with Crippen molar-refractivity contribution >= 4 is 0 Å². The van der Waals surface area contributed by atoms with Crippen LogP contribution in [0.25, 0.3) is 0 Å². The van der Waals surface area contributed by atoms with Gasteiger partial charge < -0.3 is 9.47 Å². The second-order valence-corrected chi connectivity index (χ2v) is 6.73. The molecule has 126 valence electrons. The predicted octanol–water partition coefficient (Wildman–Crippen LogP) is 2.43. The van der Waals surface area contributed by atoms with Crippen LogP contribution in [0.3, 0.4) is 0 Å². The number of rotatable bonds is 5. The molecule has 2 aliphatic rings.